The lowest BCUT2D eigenvalue weighted by atomic mass is 10.1. The van der Waals surface area contributed by atoms with Crippen LogP contribution in [0.2, 0.25) is 0 Å². The van der Waals surface area contributed by atoms with Gasteiger partial charge in [0, 0.05) is 55.7 Å². The molecule has 0 radical (unpaired) electrons. The summed E-state index contributed by atoms with van der Waals surface area (Å²) in [6.45, 7) is 5.93. The number of hydrogen-bond donors (Lipinski definition) is 1. The largest absolute Gasteiger partial charge is 0.470 e. The number of rotatable bonds is 6. The molecule has 3 heterocycles. The number of ketones is 1. The average Bonchev–Trinajstić information content (AvgIpc) is 3.15. The highest BCUT2D eigenvalue weighted by atomic mass is 32.2. The maximum Gasteiger partial charge on any atom is 0.410 e. The van der Waals surface area contributed by atoms with Gasteiger partial charge >= 0.3 is 6.09 Å². The first-order chi connectivity index (χ1) is 17.7. The molecule has 1 unspecified atom stereocenters. The molecule has 1 fully saturated rings. The minimum Gasteiger partial charge on any atom is -0.470 e. The van der Waals surface area contributed by atoms with E-state index in [2.05, 4.69) is 20.3 Å². The van der Waals surface area contributed by atoms with Gasteiger partial charge in [0.25, 0.3) is 5.92 Å². The Hall–Kier alpha value is -3.26. The molecule has 0 aromatic carbocycles. The predicted molar refractivity (Wildman–Crippen MR) is 131 cm³/mol. The average molecular weight is 554 g/mol. The molecule has 1 saturated heterocycles. The molecule has 2 aromatic heterocycles. The molecule has 1 atom stereocenters. The highest BCUT2D eigenvalue weighted by molar-refractivity contribution is 7.90. The van der Waals surface area contributed by atoms with Gasteiger partial charge in [-0.15, -0.1) is 0 Å². The molecule has 11 nitrogen and oxygen atoms in total. The normalized spacial score (nSPS) is 19.1. The van der Waals surface area contributed by atoms with Crippen molar-refractivity contribution in [1.29, 1.82) is 0 Å². The van der Waals surface area contributed by atoms with E-state index in [4.69, 9.17) is 9.47 Å². The minimum atomic E-state index is -3.94. The van der Waals surface area contributed by atoms with Crippen molar-refractivity contribution >= 4 is 21.7 Å². The molecule has 0 spiro atoms. The Labute approximate surface area is 218 Å². The minimum absolute atomic E-state index is 0.0158. The van der Waals surface area contributed by atoms with Crippen molar-refractivity contribution in [2.45, 2.75) is 56.3 Å². The quantitative estimate of drug-likeness (QED) is 0.529. The summed E-state index contributed by atoms with van der Waals surface area (Å²) in [5, 5.41) is 2.39. The molecule has 14 heteroatoms. The maximum absolute atomic E-state index is 14.4. The van der Waals surface area contributed by atoms with Gasteiger partial charge in [-0.25, -0.2) is 28.2 Å². The Bertz CT molecular complexity index is 1350. The number of nitrogens with one attached hydrogen (secondary N) is 1. The number of fused-ring (bicyclic) bond motifs is 1. The third-order valence-corrected chi connectivity index (χ3v) is 6.81. The van der Waals surface area contributed by atoms with Crippen molar-refractivity contribution in [3.05, 3.63) is 29.6 Å². The molecular weight excluding hydrogens is 524 g/mol. The van der Waals surface area contributed by atoms with Crippen molar-refractivity contribution in [1.82, 2.24) is 25.2 Å². The van der Waals surface area contributed by atoms with Gasteiger partial charge in [0.15, 0.2) is 12.4 Å². The SMILES string of the molecule is CC(C)(C)OC(=O)N1CCNCC1C(=O)COc1ccc(-c2nc(S(C)(=O)=O)nc3c2CCC3(F)F)cn1. The Morgan fingerprint density at radius 1 is 1.24 bits per heavy atom. The number of Topliss-reactive ketones (excluding diaryl/α,β-unsaturated/α-hetero) is 1. The number of carbonyl (C=O) groups excluding carboxylic acids is 2. The summed E-state index contributed by atoms with van der Waals surface area (Å²) in [6, 6.07) is 2.14. The summed E-state index contributed by atoms with van der Waals surface area (Å²) < 4.78 is 63.7. The summed E-state index contributed by atoms with van der Waals surface area (Å²) in [5.41, 5.74) is -0.773. The van der Waals surface area contributed by atoms with E-state index in [1.54, 1.807) is 20.8 Å². The number of alkyl halides is 2. The Morgan fingerprint density at radius 3 is 2.61 bits per heavy atom. The summed E-state index contributed by atoms with van der Waals surface area (Å²) in [5.74, 6) is -3.54. The Morgan fingerprint density at radius 2 is 1.97 bits per heavy atom. The number of aromatic nitrogens is 3. The molecule has 1 N–H and O–H groups in total. The van der Waals surface area contributed by atoms with E-state index in [9.17, 15) is 26.8 Å². The van der Waals surface area contributed by atoms with Gasteiger partial charge in [-0.3, -0.25) is 9.69 Å². The van der Waals surface area contributed by atoms with Crippen LogP contribution < -0.4 is 10.1 Å². The number of amides is 1. The van der Waals surface area contributed by atoms with E-state index >= 15 is 0 Å². The summed E-state index contributed by atoms with van der Waals surface area (Å²) in [6.07, 6.45) is 1.06. The van der Waals surface area contributed by atoms with Gasteiger partial charge in [0.2, 0.25) is 20.9 Å². The molecule has 1 aliphatic carbocycles. The molecule has 0 saturated carbocycles. The van der Waals surface area contributed by atoms with E-state index in [-0.39, 0.29) is 42.5 Å². The zero-order valence-electron chi connectivity index (χ0n) is 21.5. The fourth-order valence-electron chi connectivity index (χ4n) is 4.19. The Balaban J connectivity index is 1.49. The third kappa shape index (κ3) is 6.07. The molecular formula is C24H29F2N5O6S. The molecule has 1 amide bonds. The standard InChI is InChI=1S/C24H29F2N5O6S/c1-23(2,3)37-22(33)31-10-9-27-12-16(31)17(32)13-36-18-6-5-14(11-28-18)19-15-7-8-24(25,26)20(15)30-21(29-19)38(4,34)35/h5-6,11,16,27H,7-10,12-13H2,1-4H3. The second-order valence-electron chi connectivity index (χ2n) is 10.2. The molecule has 2 aromatic rings. The molecule has 1 aliphatic heterocycles. The maximum atomic E-state index is 14.4. The number of sulfone groups is 1. The number of pyridine rings is 1. The zero-order chi connectivity index (χ0) is 27.9. The molecule has 0 bridgehead atoms. The van der Waals surface area contributed by atoms with Crippen LogP contribution in [0.15, 0.2) is 23.5 Å². The van der Waals surface area contributed by atoms with Crippen LogP contribution in [0.1, 0.15) is 38.4 Å². The molecule has 4 rings (SSSR count). The highest BCUT2D eigenvalue weighted by Gasteiger charge is 2.44. The second-order valence-corrected chi connectivity index (χ2v) is 12.1. The van der Waals surface area contributed by atoms with Crippen LogP contribution in [0.3, 0.4) is 0 Å². The van der Waals surface area contributed by atoms with Gasteiger partial charge in [0.05, 0.1) is 5.69 Å². The lowest BCUT2D eigenvalue weighted by molar-refractivity contribution is -0.127. The third-order valence-electron chi connectivity index (χ3n) is 5.97. The van der Waals surface area contributed by atoms with Gasteiger partial charge in [-0.1, -0.05) is 0 Å². The topological polar surface area (TPSA) is 141 Å². The van der Waals surface area contributed by atoms with Crippen molar-refractivity contribution in [2.75, 3.05) is 32.5 Å². The van der Waals surface area contributed by atoms with Crippen molar-refractivity contribution in [3.8, 4) is 17.1 Å². The predicted octanol–water partition coefficient (Wildman–Crippen LogP) is 2.14. The van der Waals surface area contributed by atoms with Crippen LogP contribution in [-0.2, 0) is 31.7 Å². The monoisotopic (exact) mass is 553 g/mol. The first-order valence-corrected chi connectivity index (χ1v) is 13.9. The summed E-state index contributed by atoms with van der Waals surface area (Å²) >= 11 is 0. The number of hydrogen-bond acceptors (Lipinski definition) is 10. The number of carbonyl (C=O) groups is 2. The van der Waals surface area contributed by atoms with Crippen molar-refractivity contribution in [2.24, 2.45) is 0 Å². The van der Waals surface area contributed by atoms with E-state index in [1.165, 1.54) is 23.2 Å². The Kier molecular flexibility index (Phi) is 7.40. The number of halogens is 2. The van der Waals surface area contributed by atoms with Crippen LogP contribution in [0.4, 0.5) is 13.6 Å². The number of piperazine rings is 1. The van der Waals surface area contributed by atoms with Gasteiger partial charge in [0.1, 0.15) is 17.3 Å². The second kappa shape index (κ2) is 10.1. The van der Waals surface area contributed by atoms with Gasteiger partial charge in [-0.05, 0) is 33.3 Å². The molecule has 2 aliphatic rings. The first kappa shape index (κ1) is 27.8. The lowest BCUT2D eigenvalue weighted by Crippen LogP contribution is -2.58. The fourth-order valence-corrected chi connectivity index (χ4v) is 4.70. The first-order valence-electron chi connectivity index (χ1n) is 12.0. The fraction of sp³-hybridized carbons (Fsp3) is 0.542. The van der Waals surface area contributed by atoms with Crippen LogP contribution in [0.5, 0.6) is 5.88 Å². The smallest absolute Gasteiger partial charge is 0.410 e. The van der Waals surface area contributed by atoms with Gasteiger partial charge < -0.3 is 14.8 Å². The summed E-state index contributed by atoms with van der Waals surface area (Å²) in [4.78, 5) is 38.6. The number of nitrogens with zero attached hydrogens (tertiary/aromatic N) is 4. The van der Waals surface area contributed by atoms with E-state index in [1.807, 2.05) is 0 Å². The number of ether oxygens (including phenoxy) is 2. The molecule has 206 valence electrons. The highest BCUT2D eigenvalue weighted by Crippen LogP contribution is 2.43. The van der Waals surface area contributed by atoms with Crippen LogP contribution >= 0.6 is 0 Å². The van der Waals surface area contributed by atoms with E-state index in [0.29, 0.717) is 18.7 Å². The summed E-state index contributed by atoms with van der Waals surface area (Å²) in [7, 11) is -3.94. The van der Waals surface area contributed by atoms with Crippen LogP contribution in [0.25, 0.3) is 11.3 Å². The van der Waals surface area contributed by atoms with Crippen molar-refractivity contribution < 1.29 is 36.3 Å². The van der Waals surface area contributed by atoms with Crippen LogP contribution in [0, 0.1) is 0 Å². The van der Waals surface area contributed by atoms with Crippen molar-refractivity contribution in [3.63, 3.8) is 0 Å². The zero-order valence-corrected chi connectivity index (χ0v) is 22.3. The van der Waals surface area contributed by atoms with Crippen LogP contribution in [-0.4, -0.2) is 84.3 Å². The van der Waals surface area contributed by atoms with E-state index in [0.717, 1.165) is 6.26 Å². The van der Waals surface area contributed by atoms with Gasteiger partial charge in [-0.2, -0.15) is 8.78 Å². The molecule has 38 heavy (non-hydrogen) atoms. The lowest BCUT2D eigenvalue weighted by Gasteiger charge is -2.36. The van der Waals surface area contributed by atoms with E-state index < -0.39 is 50.8 Å².